The highest BCUT2D eigenvalue weighted by Gasteiger charge is 2.08. The van der Waals surface area contributed by atoms with Crippen LogP contribution < -0.4 is 5.32 Å². The Hall–Kier alpha value is -2.20. The minimum atomic E-state index is 0.176. The van der Waals surface area contributed by atoms with Crippen molar-refractivity contribution in [2.75, 3.05) is 20.1 Å². The topological polar surface area (TPSA) is 45.2 Å². The summed E-state index contributed by atoms with van der Waals surface area (Å²) in [5.41, 5.74) is 3.71. The Morgan fingerprint density at radius 3 is 2.48 bits per heavy atom. The molecule has 1 aromatic carbocycles. The molecular weight excluding hydrogens is 286 g/mol. The van der Waals surface area contributed by atoms with Gasteiger partial charge in [0.2, 0.25) is 5.91 Å². The van der Waals surface area contributed by atoms with Crippen molar-refractivity contribution < 1.29 is 4.79 Å². The zero-order valence-electron chi connectivity index (χ0n) is 14.0. The van der Waals surface area contributed by atoms with E-state index < -0.39 is 0 Å². The number of rotatable bonds is 8. The smallest absolute Gasteiger partial charge is 0.223 e. The summed E-state index contributed by atoms with van der Waals surface area (Å²) < 4.78 is 0. The molecule has 1 N–H and O–H groups in total. The van der Waals surface area contributed by atoms with E-state index in [1.807, 2.05) is 19.2 Å². The number of likely N-dealkylation sites (N-methyl/N-ethyl adjacent to an activating group) is 1. The maximum absolute atomic E-state index is 12.1. The van der Waals surface area contributed by atoms with Crippen LogP contribution >= 0.6 is 0 Å². The third-order valence-corrected chi connectivity index (χ3v) is 3.88. The number of aromatic nitrogens is 1. The van der Waals surface area contributed by atoms with Gasteiger partial charge in [0.15, 0.2) is 0 Å². The van der Waals surface area contributed by atoms with Crippen LogP contribution in [0.4, 0.5) is 0 Å². The fraction of sp³-hybridized carbons (Fsp3) is 0.368. The zero-order chi connectivity index (χ0) is 16.5. The lowest BCUT2D eigenvalue weighted by molar-refractivity contribution is -0.129. The number of benzene rings is 1. The zero-order valence-corrected chi connectivity index (χ0v) is 14.0. The third kappa shape index (κ3) is 6.20. The van der Waals surface area contributed by atoms with E-state index in [-0.39, 0.29) is 5.91 Å². The number of aryl methyl sites for hydroxylation is 1. The molecule has 122 valence electrons. The Balaban J connectivity index is 1.63. The van der Waals surface area contributed by atoms with Crippen molar-refractivity contribution in [3.05, 3.63) is 65.5 Å². The van der Waals surface area contributed by atoms with E-state index in [0.717, 1.165) is 19.5 Å². The molecule has 0 radical (unpaired) electrons. The SMILES string of the molecule is Cc1ccc(CNCCC(=O)N(C)CCc2ccncc2)cc1. The summed E-state index contributed by atoms with van der Waals surface area (Å²) in [4.78, 5) is 17.9. The number of pyridine rings is 1. The first-order valence-electron chi connectivity index (χ1n) is 8.04. The highest BCUT2D eigenvalue weighted by atomic mass is 16.2. The van der Waals surface area contributed by atoms with Gasteiger partial charge >= 0.3 is 0 Å². The van der Waals surface area contributed by atoms with Crippen LogP contribution in [-0.2, 0) is 17.8 Å². The van der Waals surface area contributed by atoms with Crippen molar-refractivity contribution >= 4 is 5.91 Å². The summed E-state index contributed by atoms with van der Waals surface area (Å²) in [7, 11) is 1.86. The Morgan fingerprint density at radius 1 is 1.09 bits per heavy atom. The summed E-state index contributed by atoms with van der Waals surface area (Å²) in [5, 5.41) is 3.32. The molecule has 0 bridgehead atoms. The fourth-order valence-electron chi connectivity index (χ4n) is 2.30. The molecule has 1 aromatic heterocycles. The van der Waals surface area contributed by atoms with Gasteiger partial charge in [-0.2, -0.15) is 0 Å². The highest BCUT2D eigenvalue weighted by molar-refractivity contribution is 5.76. The Bertz CT molecular complexity index is 596. The van der Waals surface area contributed by atoms with E-state index in [1.54, 1.807) is 17.3 Å². The van der Waals surface area contributed by atoms with Gasteiger partial charge in [-0.25, -0.2) is 0 Å². The molecule has 0 aliphatic rings. The van der Waals surface area contributed by atoms with E-state index in [0.29, 0.717) is 13.0 Å². The highest BCUT2D eigenvalue weighted by Crippen LogP contribution is 2.03. The lowest BCUT2D eigenvalue weighted by Crippen LogP contribution is -2.31. The molecule has 0 aliphatic carbocycles. The summed E-state index contributed by atoms with van der Waals surface area (Å²) >= 11 is 0. The molecule has 23 heavy (non-hydrogen) atoms. The number of hydrogen-bond acceptors (Lipinski definition) is 3. The Morgan fingerprint density at radius 2 is 1.78 bits per heavy atom. The Kier molecular flexibility index (Phi) is 6.76. The van der Waals surface area contributed by atoms with Gasteiger partial charge in [0.25, 0.3) is 0 Å². The molecule has 0 aliphatic heterocycles. The number of hydrogen-bond donors (Lipinski definition) is 1. The van der Waals surface area contributed by atoms with Gasteiger partial charge in [-0.3, -0.25) is 9.78 Å². The minimum absolute atomic E-state index is 0.176. The molecule has 2 aromatic rings. The molecule has 0 unspecified atom stereocenters. The summed E-state index contributed by atoms with van der Waals surface area (Å²) in [6, 6.07) is 12.4. The van der Waals surface area contributed by atoms with Crippen LogP contribution in [-0.4, -0.2) is 35.9 Å². The van der Waals surface area contributed by atoms with Crippen molar-refractivity contribution in [2.45, 2.75) is 26.3 Å². The maximum Gasteiger partial charge on any atom is 0.223 e. The van der Waals surface area contributed by atoms with Gasteiger partial charge in [-0.15, -0.1) is 0 Å². The second-order valence-electron chi connectivity index (χ2n) is 5.83. The van der Waals surface area contributed by atoms with Gasteiger partial charge in [0, 0.05) is 45.5 Å². The molecule has 1 heterocycles. The van der Waals surface area contributed by atoms with Crippen molar-refractivity contribution in [3.63, 3.8) is 0 Å². The first-order valence-corrected chi connectivity index (χ1v) is 8.04. The van der Waals surface area contributed by atoms with Crippen LogP contribution in [0.1, 0.15) is 23.1 Å². The maximum atomic E-state index is 12.1. The first kappa shape index (κ1) is 17.2. The summed E-state index contributed by atoms with van der Waals surface area (Å²) in [6.45, 7) is 4.32. The van der Waals surface area contributed by atoms with Crippen LogP contribution in [0.5, 0.6) is 0 Å². The average Bonchev–Trinajstić information content (AvgIpc) is 2.59. The molecule has 4 nitrogen and oxygen atoms in total. The number of carbonyl (C=O) groups excluding carboxylic acids is 1. The molecular formula is C19H25N3O. The van der Waals surface area contributed by atoms with Crippen molar-refractivity contribution in [3.8, 4) is 0 Å². The van der Waals surface area contributed by atoms with Crippen LogP contribution in [0, 0.1) is 6.92 Å². The number of nitrogens with zero attached hydrogens (tertiary/aromatic N) is 2. The van der Waals surface area contributed by atoms with Crippen LogP contribution in [0.2, 0.25) is 0 Å². The number of carbonyl (C=O) groups is 1. The quantitative estimate of drug-likeness (QED) is 0.762. The predicted molar refractivity (Wildman–Crippen MR) is 93.1 cm³/mol. The van der Waals surface area contributed by atoms with E-state index in [2.05, 4.69) is 41.5 Å². The van der Waals surface area contributed by atoms with E-state index in [1.165, 1.54) is 16.7 Å². The van der Waals surface area contributed by atoms with Gasteiger partial charge in [0.05, 0.1) is 0 Å². The van der Waals surface area contributed by atoms with Gasteiger partial charge in [-0.1, -0.05) is 29.8 Å². The van der Waals surface area contributed by atoms with E-state index in [4.69, 9.17) is 0 Å². The molecule has 0 saturated carbocycles. The lowest BCUT2D eigenvalue weighted by Gasteiger charge is -2.17. The molecule has 1 amide bonds. The molecule has 2 rings (SSSR count). The van der Waals surface area contributed by atoms with Crippen LogP contribution in [0.25, 0.3) is 0 Å². The van der Waals surface area contributed by atoms with Crippen molar-refractivity contribution in [1.29, 1.82) is 0 Å². The van der Waals surface area contributed by atoms with Gasteiger partial charge in [0.1, 0.15) is 0 Å². The van der Waals surface area contributed by atoms with Crippen molar-refractivity contribution in [1.82, 2.24) is 15.2 Å². The average molecular weight is 311 g/mol. The molecule has 0 saturated heterocycles. The Labute approximate surface area is 138 Å². The van der Waals surface area contributed by atoms with Gasteiger partial charge < -0.3 is 10.2 Å². The number of nitrogens with one attached hydrogen (secondary N) is 1. The van der Waals surface area contributed by atoms with Gasteiger partial charge in [-0.05, 0) is 36.6 Å². The first-order chi connectivity index (χ1) is 11.1. The monoisotopic (exact) mass is 311 g/mol. The van der Waals surface area contributed by atoms with Crippen LogP contribution in [0.15, 0.2) is 48.8 Å². The fourth-order valence-corrected chi connectivity index (χ4v) is 2.30. The second kappa shape index (κ2) is 9.06. The largest absolute Gasteiger partial charge is 0.345 e. The molecule has 4 heteroatoms. The lowest BCUT2D eigenvalue weighted by atomic mass is 10.1. The minimum Gasteiger partial charge on any atom is -0.345 e. The van der Waals surface area contributed by atoms with E-state index >= 15 is 0 Å². The second-order valence-corrected chi connectivity index (χ2v) is 5.83. The molecule has 0 fully saturated rings. The standard InChI is InChI=1S/C19H25N3O/c1-16-3-5-18(6-4-16)15-21-13-9-19(23)22(2)14-10-17-7-11-20-12-8-17/h3-8,11-12,21H,9-10,13-15H2,1-2H3. The summed E-state index contributed by atoms with van der Waals surface area (Å²) in [6.07, 6.45) is 4.96. The van der Waals surface area contributed by atoms with Crippen molar-refractivity contribution in [2.24, 2.45) is 0 Å². The molecule has 0 atom stereocenters. The third-order valence-electron chi connectivity index (χ3n) is 3.88. The molecule has 0 spiro atoms. The normalized spacial score (nSPS) is 10.5. The predicted octanol–water partition coefficient (Wildman–Crippen LogP) is 2.57. The number of amides is 1. The summed E-state index contributed by atoms with van der Waals surface area (Å²) in [5.74, 6) is 0.176. The van der Waals surface area contributed by atoms with Crippen LogP contribution in [0.3, 0.4) is 0 Å². The van der Waals surface area contributed by atoms with E-state index in [9.17, 15) is 4.79 Å².